The number of aliphatic hydroxyl groups excluding tert-OH is 1. The lowest BCUT2D eigenvalue weighted by atomic mass is 10.0. The van der Waals surface area contributed by atoms with Crippen molar-refractivity contribution in [1.82, 2.24) is 4.98 Å². The van der Waals surface area contributed by atoms with E-state index in [1.54, 1.807) is 6.20 Å². The summed E-state index contributed by atoms with van der Waals surface area (Å²) < 4.78 is 5.95. The number of rotatable bonds is 2. The minimum absolute atomic E-state index is 0.658. The number of fused-ring (bicyclic) bond motifs is 1. The summed E-state index contributed by atoms with van der Waals surface area (Å²) in [6.07, 6.45) is 1.78. The molecular weight excluding hydrogens is 286 g/mol. The second-order valence-electron chi connectivity index (χ2n) is 4.92. The molecule has 114 valence electrons. The zero-order valence-electron chi connectivity index (χ0n) is 12.8. The molecule has 0 aliphatic heterocycles. The first-order valence-corrected chi connectivity index (χ1v) is 7.36. The highest BCUT2D eigenvalue weighted by Crippen LogP contribution is 2.30. The molecule has 0 fully saturated rings. The van der Waals surface area contributed by atoms with E-state index < -0.39 is 0 Å². The Morgan fingerprint density at radius 2 is 1.48 bits per heavy atom. The molecule has 0 saturated carbocycles. The van der Waals surface area contributed by atoms with Crippen molar-refractivity contribution < 1.29 is 9.52 Å². The molecule has 0 aliphatic carbocycles. The third-order valence-corrected chi connectivity index (χ3v) is 3.58. The molecule has 4 rings (SSSR count). The van der Waals surface area contributed by atoms with Gasteiger partial charge in [0.25, 0.3) is 0 Å². The van der Waals surface area contributed by atoms with Gasteiger partial charge in [0.2, 0.25) is 5.89 Å². The van der Waals surface area contributed by atoms with Crippen LogP contribution in [-0.4, -0.2) is 17.2 Å². The summed E-state index contributed by atoms with van der Waals surface area (Å²) in [5.74, 6) is 1.45. The Kier molecular flexibility index (Phi) is 4.50. The van der Waals surface area contributed by atoms with E-state index in [9.17, 15) is 0 Å². The van der Waals surface area contributed by atoms with Crippen LogP contribution in [0.1, 0.15) is 0 Å². The topological polar surface area (TPSA) is 46.3 Å². The van der Waals surface area contributed by atoms with Gasteiger partial charge in [0.15, 0.2) is 5.76 Å². The van der Waals surface area contributed by atoms with Crippen molar-refractivity contribution >= 4 is 10.8 Å². The third kappa shape index (κ3) is 3.00. The highest BCUT2D eigenvalue weighted by atomic mass is 16.4. The molecule has 0 spiro atoms. The van der Waals surface area contributed by atoms with E-state index >= 15 is 0 Å². The number of hydrogen-bond donors (Lipinski definition) is 1. The van der Waals surface area contributed by atoms with Crippen molar-refractivity contribution in [2.75, 3.05) is 7.11 Å². The Labute approximate surface area is 134 Å². The summed E-state index contributed by atoms with van der Waals surface area (Å²) in [4.78, 5) is 4.45. The summed E-state index contributed by atoms with van der Waals surface area (Å²) in [5, 5.41) is 9.34. The molecule has 23 heavy (non-hydrogen) atoms. The van der Waals surface area contributed by atoms with Crippen LogP contribution in [0.4, 0.5) is 0 Å². The van der Waals surface area contributed by atoms with Gasteiger partial charge in [-0.3, -0.25) is 0 Å². The molecule has 0 saturated heterocycles. The van der Waals surface area contributed by atoms with Crippen LogP contribution in [0, 0.1) is 0 Å². The first kappa shape index (κ1) is 15.0. The number of benzene rings is 3. The fraction of sp³-hybridized carbons (Fsp3) is 0.0500. The average Bonchev–Trinajstić information content (AvgIpc) is 3.14. The van der Waals surface area contributed by atoms with Crippen LogP contribution in [0.5, 0.6) is 0 Å². The predicted octanol–water partition coefficient (Wildman–Crippen LogP) is 4.77. The number of hydrogen-bond acceptors (Lipinski definition) is 3. The highest BCUT2D eigenvalue weighted by molar-refractivity contribution is 5.94. The Morgan fingerprint density at radius 3 is 2.30 bits per heavy atom. The zero-order chi connectivity index (χ0) is 16.1. The van der Waals surface area contributed by atoms with Gasteiger partial charge in [-0.2, -0.15) is 0 Å². The lowest BCUT2D eigenvalue weighted by Gasteiger charge is -2.02. The Balaban J connectivity index is 0.000000753. The third-order valence-electron chi connectivity index (χ3n) is 3.58. The first-order chi connectivity index (χ1) is 11.4. The van der Waals surface area contributed by atoms with Crippen molar-refractivity contribution in [2.45, 2.75) is 0 Å². The number of oxazole rings is 1. The Hall–Kier alpha value is -2.91. The predicted molar refractivity (Wildman–Crippen MR) is 93.0 cm³/mol. The molecule has 1 N–H and O–H groups in total. The van der Waals surface area contributed by atoms with E-state index in [1.807, 2.05) is 54.6 Å². The number of nitrogens with zero attached hydrogens (tertiary/aromatic N) is 1. The van der Waals surface area contributed by atoms with Crippen LogP contribution < -0.4 is 0 Å². The van der Waals surface area contributed by atoms with Crippen molar-refractivity contribution in [3.8, 4) is 22.8 Å². The molecule has 0 amide bonds. The Morgan fingerprint density at radius 1 is 0.783 bits per heavy atom. The maximum absolute atomic E-state index is 7.00. The molecule has 0 aliphatic rings. The SMILES string of the molecule is CO.c1ccc(-c2cnc(-c3cccc4ccccc34)o2)cc1. The second kappa shape index (κ2) is 6.90. The lowest BCUT2D eigenvalue weighted by molar-refractivity contribution is 0.399. The van der Waals surface area contributed by atoms with Crippen LogP contribution in [-0.2, 0) is 0 Å². The van der Waals surface area contributed by atoms with Crippen LogP contribution in [0.25, 0.3) is 33.6 Å². The van der Waals surface area contributed by atoms with Gasteiger partial charge in [0.05, 0.1) is 6.20 Å². The van der Waals surface area contributed by atoms with Crippen LogP contribution in [0.15, 0.2) is 83.4 Å². The van der Waals surface area contributed by atoms with E-state index in [-0.39, 0.29) is 0 Å². The fourth-order valence-electron chi connectivity index (χ4n) is 2.55. The van der Waals surface area contributed by atoms with E-state index in [2.05, 4.69) is 23.2 Å². The zero-order valence-corrected chi connectivity index (χ0v) is 12.8. The maximum Gasteiger partial charge on any atom is 0.227 e. The van der Waals surface area contributed by atoms with Gasteiger partial charge in [0, 0.05) is 18.2 Å². The van der Waals surface area contributed by atoms with Crippen LogP contribution in [0.2, 0.25) is 0 Å². The standard InChI is InChI=1S/C19H13NO.CH4O/c1-2-8-15(9-3-1)18-13-20-19(21-18)17-12-6-10-14-7-4-5-11-16(14)17;1-2/h1-13H;2H,1H3. The van der Waals surface area contributed by atoms with Gasteiger partial charge in [-0.15, -0.1) is 0 Å². The molecule has 0 radical (unpaired) electrons. The molecule has 3 nitrogen and oxygen atoms in total. The van der Waals surface area contributed by atoms with Gasteiger partial charge in [-0.25, -0.2) is 4.98 Å². The highest BCUT2D eigenvalue weighted by Gasteiger charge is 2.10. The van der Waals surface area contributed by atoms with E-state index in [1.165, 1.54) is 5.39 Å². The molecule has 1 aromatic heterocycles. The molecule has 0 unspecified atom stereocenters. The fourth-order valence-corrected chi connectivity index (χ4v) is 2.55. The average molecular weight is 303 g/mol. The summed E-state index contributed by atoms with van der Waals surface area (Å²) in [7, 11) is 1.00. The van der Waals surface area contributed by atoms with Crippen molar-refractivity contribution in [3.63, 3.8) is 0 Å². The number of aromatic nitrogens is 1. The van der Waals surface area contributed by atoms with Crippen molar-refractivity contribution in [2.24, 2.45) is 0 Å². The van der Waals surface area contributed by atoms with E-state index in [4.69, 9.17) is 9.52 Å². The number of aliphatic hydroxyl groups is 1. The normalized spacial score (nSPS) is 10.2. The van der Waals surface area contributed by atoms with Gasteiger partial charge >= 0.3 is 0 Å². The van der Waals surface area contributed by atoms with Crippen molar-refractivity contribution in [1.29, 1.82) is 0 Å². The summed E-state index contributed by atoms with van der Waals surface area (Å²) in [5.41, 5.74) is 2.06. The van der Waals surface area contributed by atoms with Gasteiger partial charge in [0.1, 0.15) is 0 Å². The molecule has 4 aromatic rings. The summed E-state index contributed by atoms with van der Waals surface area (Å²) >= 11 is 0. The largest absolute Gasteiger partial charge is 0.436 e. The van der Waals surface area contributed by atoms with Crippen molar-refractivity contribution in [3.05, 3.63) is 79.0 Å². The van der Waals surface area contributed by atoms with E-state index in [0.29, 0.717) is 5.89 Å². The van der Waals surface area contributed by atoms with Gasteiger partial charge in [-0.1, -0.05) is 66.7 Å². The molecular formula is C20H17NO2. The van der Waals surface area contributed by atoms with E-state index in [0.717, 1.165) is 29.4 Å². The Bertz CT molecular complexity index is 892. The quantitative estimate of drug-likeness (QED) is 0.580. The maximum atomic E-state index is 7.00. The molecule has 1 heterocycles. The first-order valence-electron chi connectivity index (χ1n) is 7.36. The minimum atomic E-state index is 0.658. The lowest BCUT2D eigenvalue weighted by Crippen LogP contribution is -1.80. The molecule has 3 aromatic carbocycles. The summed E-state index contributed by atoms with van der Waals surface area (Å²) in [6, 6.07) is 24.5. The van der Waals surface area contributed by atoms with Gasteiger partial charge in [-0.05, 0) is 16.8 Å². The molecule has 3 heteroatoms. The smallest absolute Gasteiger partial charge is 0.227 e. The van der Waals surface area contributed by atoms with Gasteiger partial charge < -0.3 is 9.52 Å². The molecule has 0 atom stereocenters. The van der Waals surface area contributed by atoms with Crippen LogP contribution >= 0.6 is 0 Å². The second-order valence-corrected chi connectivity index (χ2v) is 4.92. The van der Waals surface area contributed by atoms with Crippen LogP contribution in [0.3, 0.4) is 0 Å². The monoisotopic (exact) mass is 303 g/mol. The summed E-state index contributed by atoms with van der Waals surface area (Å²) in [6.45, 7) is 0. The molecule has 0 bridgehead atoms. The minimum Gasteiger partial charge on any atom is -0.436 e.